The second-order valence-corrected chi connectivity index (χ2v) is 12.7. The monoisotopic (exact) mass is 473 g/mol. The Hall–Kier alpha value is -2.44. The fourth-order valence-corrected chi connectivity index (χ4v) is 8.86. The fourth-order valence-electron chi connectivity index (χ4n) is 5.28. The molecule has 2 aromatic rings. The second kappa shape index (κ2) is 12.3. The molecule has 0 amide bonds. The van der Waals surface area contributed by atoms with Crippen LogP contribution in [0.4, 0.5) is 0 Å². The number of hydrogen-bond acceptors (Lipinski definition) is 1. The van der Waals surface area contributed by atoms with Gasteiger partial charge >= 0.3 is 5.90 Å². The number of nitrogens with zero attached hydrogens (tertiary/aromatic N) is 1. The first-order valence-electron chi connectivity index (χ1n) is 13.0. The van der Waals surface area contributed by atoms with E-state index in [9.17, 15) is 0 Å². The normalized spacial score (nSPS) is 18.8. The van der Waals surface area contributed by atoms with Gasteiger partial charge in [-0.3, -0.25) is 0 Å². The summed E-state index contributed by atoms with van der Waals surface area (Å²) < 4.78 is 8.46. The van der Waals surface area contributed by atoms with E-state index in [2.05, 4.69) is 109 Å². The molecule has 4 rings (SSSR count). The number of ether oxygens (including phenoxy) is 1. The predicted molar refractivity (Wildman–Crippen MR) is 149 cm³/mol. The minimum atomic E-state index is -1.66. The molecule has 0 radical (unpaired) electrons. The third-order valence-electron chi connectivity index (χ3n) is 7.11. The number of allylic oxidation sites excluding steroid dienone is 4. The van der Waals surface area contributed by atoms with Crippen LogP contribution < -0.4 is 10.6 Å². The highest BCUT2D eigenvalue weighted by molar-refractivity contribution is 7.92. The van der Waals surface area contributed by atoms with E-state index in [1.54, 1.807) is 0 Å². The summed E-state index contributed by atoms with van der Waals surface area (Å²) >= 11 is 0. The van der Waals surface area contributed by atoms with Crippen LogP contribution in [0, 0.1) is 5.92 Å². The molecule has 1 aliphatic carbocycles. The van der Waals surface area contributed by atoms with Crippen molar-refractivity contribution in [3.8, 4) is 0 Å². The number of benzene rings is 2. The summed E-state index contributed by atoms with van der Waals surface area (Å²) in [6.45, 7) is 7.34. The van der Waals surface area contributed by atoms with Crippen LogP contribution in [0.1, 0.15) is 46.0 Å². The smallest absolute Gasteiger partial charge is 0.365 e. The van der Waals surface area contributed by atoms with E-state index >= 15 is 0 Å². The SMILES string of the molecule is CCC=CC[P+](C=CCCC1CCC=C1C1=[N+](CC)CCO1)(c1ccccc1)c1ccccc1. The van der Waals surface area contributed by atoms with Crippen molar-refractivity contribution in [1.29, 1.82) is 0 Å². The molecule has 0 aromatic heterocycles. The summed E-state index contributed by atoms with van der Waals surface area (Å²) in [7, 11) is -1.66. The maximum atomic E-state index is 6.06. The van der Waals surface area contributed by atoms with Gasteiger partial charge in [0.05, 0.1) is 17.6 Å². The Labute approximate surface area is 207 Å². The summed E-state index contributed by atoms with van der Waals surface area (Å²) in [4.78, 5) is 0. The molecular weight excluding hydrogens is 433 g/mol. The highest BCUT2D eigenvalue weighted by Gasteiger charge is 2.39. The fraction of sp³-hybridized carbons (Fsp3) is 0.387. The molecule has 2 nitrogen and oxygen atoms in total. The minimum Gasteiger partial charge on any atom is -0.438 e. The topological polar surface area (TPSA) is 12.2 Å². The van der Waals surface area contributed by atoms with Crippen molar-refractivity contribution >= 4 is 23.8 Å². The Morgan fingerprint density at radius 2 is 1.65 bits per heavy atom. The molecule has 0 bridgehead atoms. The van der Waals surface area contributed by atoms with Gasteiger partial charge in [-0.2, -0.15) is 4.58 Å². The van der Waals surface area contributed by atoms with E-state index in [1.165, 1.54) is 35.4 Å². The maximum absolute atomic E-state index is 6.06. The maximum Gasteiger partial charge on any atom is 0.365 e. The van der Waals surface area contributed by atoms with E-state index in [4.69, 9.17) is 4.74 Å². The van der Waals surface area contributed by atoms with Crippen LogP contribution in [0.5, 0.6) is 0 Å². The van der Waals surface area contributed by atoms with E-state index in [0.717, 1.165) is 44.6 Å². The van der Waals surface area contributed by atoms with Crippen molar-refractivity contribution in [2.45, 2.75) is 46.0 Å². The molecule has 1 atom stereocenters. The van der Waals surface area contributed by atoms with Gasteiger partial charge in [-0.15, -0.1) is 0 Å². The van der Waals surface area contributed by atoms with Gasteiger partial charge in [0.2, 0.25) is 0 Å². The number of rotatable bonds is 11. The molecule has 1 heterocycles. The van der Waals surface area contributed by atoms with Gasteiger partial charge in [-0.1, -0.05) is 61.5 Å². The first-order valence-corrected chi connectivity index (χ1v) is 15.1. The van der Waals surface area contributed by atoms with Crippen molar-refractivity contribution in [3.63, 3.8) is 0 Å². The van der Waals surface area contributed by atoms with Crippen molar-refractivity contribution in [1.82, 2.24) is 0 Å². The van der Waals surface area contributed by atoms with Gasteiger partial charge in [0.1, 0.15) is 24.4 Å². The molecule has 34 heavy (non-hydrogen) atoms. The predicted octanol–water partition coefficient (Wildman–Crippen LogP) is 6.71. The summed E-state index contributed by atoms with van der Waals surface area (Å²) in [5, 5.41) is 2.93. The average molecular weight is 474 g/mol. The van der Waals surface area contributed by atoms with Gasteiger partial charge in [-0.05, 0) is 75.3 Å². The van der Waals surface area contributed by atoms with Gasteiger partial charge in [0.15, 0.2) is 13.2 Å². The lowest BCUT2D eigenvalue weighted by atomic mass is 9.95. The molecule has 1 aliphatic heterocycles. The number of hydrogen-bond donors (Lipinski definition) is 0. The van der Waals surface area contributed by atoms with Crippen LogP contribution in [0.25, 0.3) is 0 Å². The molecule has 1 unspecified atom stereocenters. The standard InChI is InChI=1S/C31H40NOP/c1-3-5-13-25-34(28-18-8-6-9-19-28,29-20-10-7-11-21-29)26-14-12-16-27-17-15-22-30(27)31-32(4-2)23-24-33-31/h5-11,13-14,18-22,26-27H,3-4,12,15-17,23-25H2,1-2H3/q+2. The summed E-state index contributed by atoms with van der Waals surface area (Å²) in [6.07, 6.45) is 16.6. The van der Waals surface area contributed by atoms with E-state index in [-0.39, 0.29) is 0 Å². The zero-order chi connectivity index (χ0) is 23.6. The molecule has 0 fully saturated rings. The van der Waals surface area contributed by atoms with E-state index in [1.807, 2.05) is 0 Å². The molecule has 3 heteroatoms. The van der Waals surface area contributed by atoms with E-state index < -0.39 is 7.26 Å². The number of likely N-dealkylation sites (N-methyl/N-ethyl adjacent to an activating group) is 1. The Morgan fingerprint density at radius 1 is 0.941 bits per heavy atom. The second-order valence-electron chi connectivity index (χ2n) is 9.23. The van der Waals surface area contributed by atoms with Crippen LogP contribution in [0.3, 0.4) is 0 Å². The summed E-state index contributed by atoms with van der Waals surface area (Å²) in [5.41, 5.74) is 1.46. The molecular formula is C31H40NOP+2. The molecule has 2 aromatic carbocycles. The van der Waals surface area contributed by atoms with E-state index in [0.29, 0.717) is 5.92 Å². The zero-order valence-corrected chi connectivity index (χ0v) is 21.8. The van der Waals surface area contributed by atoms with Crippen molar-refractivity contribution in [2.24, 2.45) is 5.92 Å². The highest BCUT2D eigenvalue weighted by atomic mass is 31.2. The molecule has 0 saturated heterocycles. The summed E-state index contributed by atoms with van der Waals surface area (Å²) in [5.74, 6) is 4.37. The minimum absolute atomic E-state index is 0.618. The van der Waals surface area contributed by atoms with Gasteiger partial charge in [0.25, 0.3) is 0 Å². The first kappa shape index (κ1) is 24.7. The third-order valence-corrected chi connectivity index (χ3v) is 11.1. The van der Waals surface area contributed by atoms with Crippen molar-refractivity contribution in [3.05, 3.63) is 96.4 Å². The quantitative estimate of drug-likeness (QED) is 0.201. The molecule has 0 spiro atoms. The largest absolute Gasteiger partial charge is 0.438 e. The van der Waals surface area contributed by atoms with Crippen LogP contribution in [0.2, 0.25) is 0 Å². The first-order chi connectivity index (χ1) is 16.8. The van der Waals surface area contributed by atoms with Crippen LogP contribution in [-0.4, -0.2) is 36.3 Å². The third kappa shape index (κ3) is 5.61. The summed E-state index contributed by atoms with van der Waals surface area (Å²) in [6, 6.07) is 22.3. The van der Waals surface area contributed by atoms with Crippen molar-refractivity contribution < 1.29 is 9.31 Å². The van der Waals surface area contributed by atoms with Crippen LogP contribution in [0.15, 0.2) is 96.4 Å². The Bertz CT molecular complexity index is 996. The molecule has 0 N–H and O–H groups in total. The van der Waals surface area contributed by atoms with Gasteiger partial charge in [-0.25, -0.2) is 0 Å². The Kier molecular flexibility index (Phi) is 8.94. The lowest BCUT2D eigenvalue weighted by Gasteiger charge is -2.23. The van der Waals surface area contributed by atoms with Crippen LogP contribution in [-0.2, 0) is 4.74 Å². The molecule has 2 aliphatic rings. The molecule has 178 valence electrons. The lowest BCUT2D eigenvalue weighted by molar-refractivity contribution is -0.514. The van der Waals surface area contributed by atoms with Gasteiger partial charge in [0, 0.05) is 0 Å². The Balaban J connectivity index is 1.56. The van der Waals surface area contributed by atoms with Crippen LogP contribution >= 0.6 is 7.26 Å². The average Bonchev–Trinajstić information content (AvgIpc) is 3.55. The molecule has 0 saturated carbocycles. The van der Waals surface area contributed by atoms with Crippen molar-refractivity contribution in [2.75, 3.05) is 25.9 Å². The highest BCUT2D eigenvalue weighted by Crippen LogP contribution is 2.58. The Morgan fingerprint density at radius 3 is 2.29 bits per heavy atom. The zero-order valence-electron chi connectivity index (χ0n) is 20.9. The van der Waals surface area contributed by atoms with Gasteiger partial charge < -0.3 is 4.74 Å². The lowest BCUT2D eigenvalue weighted by Crippen LogP contribution is -2.22.